The molecule has 4 rings (SSSR count). The smallest absolute Gasteiger partial charge is 0.146 e. The molecule has 2 fully saturated rings. The largest absolute Gasteiger partial charge is 0.334 e. The van der Waals surface area contributed by atoms with E-state index in [-0.39, 0.29) is 0 Å². The lowest BCUT2D eigenvalue weighted by atomic mass is 9.96. The third kappa shape index (κ3) is 4.29. The molecule has 2 saturated heterocycles. The molecule has 0 aliphatic carbocycles. The molecule has 0 atom stereocenters. The van der Waals surface area contributed by atoms with Crippen LogP contribution in [-0.2, 0) is 26.7 Å². The zero-order chi connectivity index (χ0) is 19.5. The summed E-state index contributed by atoms with van der Waals surface area (Å²) in [6.07, 6.45) is 6.24. The summed E-state index contributed by atoms with van der Waals surface area (Å²) < 4.78 is 4.49. The zero-order valence-corrected chi connectivity index (χ0v) is 17.6. The van der Waals surface area contributed by atoms with E-state index in [9.17, 15) is 0 Å². The van der Waals surface area contributed by atoms with Gasteiger partial charge in [-0.2, -0.15) is 0 Å². The molecule has 0 amide bonds. The van der Waals surface area contributed by atoms with Gasteiger partial charge in [0.15, 0.2) is 0 Å². The fourth-order valence-electron chi connectivity index (χ4n) is 4.42. The van der Waals surface area contributed by atoms with E-state index in [1.54, 1.807) is 0 Å². The summed E-state index contributed by atoms with van der Waals surface area (Å²) >= 11 is 0. The molecule has 0 unspecified atom stereocenters. The molecule has 0 radical (unpaired) electrons. The molecule has 8 heteroatoms. The summed E-state index contributed by atoms with van der Waals surface area (Å²) in [5, 5.41) is 9.13. The minimum Gasteiger partial charge on any atom is -0.334 e. The number of nitrogens with zero attached hydrogens (tertiary/aromatic N) is 8. The monoisotopic (exact) mass is 386 g/mol. The van der Waals surface area contributed by atoms with Crippen LogP contribution >= 0.6 is 0 Å². The van der Waals surface area contributed by atoms with Crippen molar-refractivity contribution in [1.29, 1.82) is 0 Å². The lowest BCUT2D eigenvalue weighted by Crippen LogP contribution is -2.44. The predicted octanol–water partition coefficient (Wildman–Crippen LogP) is 1.16. The highest BCUT2D eigenvalue weighted by Crippen LogP contribution is 2.27. The molecule has 2 aromatic heterocycles. The van der Waals surface area contributed by atoms with Crippen LogP contribution in [-0.4, -0.2) is 85.3 Å². The third-order valence-electron chi connectivity index (χ3n) is 6.44. The average molecular weight is 387 g/mol. The first-order valence-corrected chi connectivity index (χ1v) is 10.6. The Bertz CT molecular complexity index is 750. The Morgan fingerprint density at radius 3 is 2.36 bits per heavy atom. The number of aryl methyl sites for hydroxylation is 1. The van der Waals surface area contributed by atoms with Crippen LogP contribution in [0.2, 0.25) is 0 Å². The van der Waals surface area contributed by atoms with Gasteiger partial charge in [-0.25, -0.2) is 4.98 Å². The van der Waals surface area contributed by atoms with Crippen molar-refractivity contribution in [2.45, 2.75) is 45.3 Å². The van der Waals surface area contributed by atoms with E-state index < -0.39 is 0 Å². The van der Waals surface area contributed by atoms with Gasteiger partial charge in [0.25, 0.3) is 0 Å². The summed E-state index contributed by atoms with van der Waals surface area (Å²) in [5.74, 6) is 2.79. The Labute approximate surface area is 168 Å². The van der Waals surface area contributed by atoms with Crippen LogP contribution in [0.25, 0.3) is 0 Å². The van der Waals surface area contributed by atoms with E-state index in [4.69, 9.17) is 0 Å². The number of imidazole rings is 1. The molecule has 2 aromatic rings. The van der Waals surface area contributed by atoms with E-state index in [1.165, 1.54) is 11.5 Å². The topological polar surface area (TPSA) is 58.3 Å². The molecule has 0 aromatic carbocycles. The van der Waals surface area contributed by atoms with Crippen LogP contribution < -0.4 is 0 Å². The van der Waals surface area contributed by atoms with Gasteiger partial charge in [0.2, 0.25) is 0 Å². The number of likely N-dealkylation sites (N-methyl/N-ethyl adjacent to an activating group) is 1. The SMILES string of the molecule is CCn1cncc1CN1CCC(c2nnc(CN3CCN(C)CC3)n2C)CC1. The molecule has 4 heterocycles. The highest BCUT2D eigenvalue weighted by Gasteiger charge is 2.26. The number of aromatic nitrogens is 5. The molecular formula is C20H34N8. The number of piperazine rings is 1. The Morgan fingerprint density at radius 2 is 1.64 bits per heavy atom. The maximum absolute atomic E-state index is 4.59. The van der Waals surface area contributed by atoms with Crippen molar-refractivity contribution in [2.75, 3.05) is 46.3 Å². The van der Waals surface area contributed by atoms with Crippen molar-refractivity contribution >= 4 is 0 Å². The summed E-state index contributed by atoms with van der Waals surface area (Å²) in [5.41, 5.74) is 1.31. The fourth-order valence-corrected chi connectivity index (χ4v) is 4.42. The van der Waals surface area contributed by atoms with Gasteiger partial charge in [-0.1, -0.05) is 0 Å². The van der Waals surface area contributed by atoms with Crippen LogP contribution in [0.4, 0.5) is 0 Å². The number of likely N-dealkylation sites (tertiary alicyclic amines) is 1. The second-order valence-electron chi connectivity index (χ2n) is 8.33. The molecule has 0 bridgehead atoms. The Hall–Kier alpha value is -1.77. The van der Waals surface area contributed by atoms with Crippen LogP contribution in [0.5, 0.6) is 0 Å². The van der Waals surface area contributed by atoms with Crippen LogP contribution in [0, 0.1) is 0 Å². The van der Waals surface area contributed by atoms with Crippen molar-refractivity contribution in [1.82, 2.24) is 39.0 Å². The second-order valence-corrected chi connectivity index (χ2v) is 8.33. The fraction of sp³-hybridized carbons (Fsp3) is 0.750. The number of piperidine rings is 1. The van der Waals surface area contributed by atoms with E-state index >= 15 is 0 Å². The predicted molar refractivity (Wildman–Crippen MR) is 109 cm³/mol. The highest BCUT2D eigenvalue weighted by atomic mass is 15.3. The van der Waals surface area contributed by atoms with Crippen LogP contribution in [0.1, 0.15) is 43.0 Å². The Kier molecular flexibility index (Phi) is 6.08. The lowest BCUT2D eigenvalue weighted by Gasteiger charge is -2.32. The minimum atomic E-state index is 0.520. The van der Waals surface area contributed by atoms with Gasteiger partial charge in [-0.05, 0) is 39.9 Å². The van der Waals surface area contributed by atoms with E-state index in [0.29, 0.717) is 5.92 Å². The summed E-state index contributed by atoms with van der Waals surface area (Å²) in [7, 11) is 4.34. The van der Waals surface area contributed by atoms with Crippen molar-refractivity contribution in [3.63, 3.8) is 0 Å². The van der Waals surface area contributed by atoms with Crippen molar-refractivity contribution in [2.24, 2.45) is 7.05 Å². The number of rotatable bonds is 6. The van der Waals surface area contributed by atoms with Crippen molar-refractivity contribution in [3.05, 3.63) is 29.9 Å². The molecule has 0 saturated carbocycles. The van der Waals surface area contributed by atoms with Crippen LogP contribution in [0.3, 0.4) is 0 Å². The number of hydrogen-bond donors (Lipinski definition) is 0. The number of hydrogen-bond acceptors (Lipinski definition) is 6. The molecule has 0 N–H and O–H groups in total. The Morgan fingerprint density at radius 1 is 0.929 bits per heavy atom. The molecule has 0 spiro atoms. The van der Waals surface area contributed by atoms with Crippen LogP contribution in [0.15, 0.2) is 12.5 Å². The molecule has 2 aliphatic heterocycles. The van der Waals surface area contributed by atoms with E-state index in [0.717, 1.165) is 77.6 Å². The highest BCUT2D eigenvalue weighted by molar-refractivity contribution is 5.05. The summed E-state index contributed by atoms with van der Waals surface area (Å²) in [6, 6.07) is 0. The summed E-state index contributed by atoms with van der Waals surface area (Å²) in [6.45, 7) is 11.8. The van der Waals surface area contributed by atoms with Gasteiger partial charge in [-0.15, -0.1) is 10.2 Å². The molecule has 8 nitrogen and oxygen atoms in total. The zero-order valence-electron chi connectivity index (χ0n) is 17.6. The molecular weight excluding hydrogens is 352 g/mol. The molecule has 2 aliphatic rings. The first-order chi connectivity index (χ1) is 13.6. The normalized spacial score (nSPS) is 20.8. The van der Waals surface area contributed by atoms with Crippen molar-refractivity contribution in [3.8, 4) is 0 Å². The van der Waals surface area contributed by atoms with Crippen molar-refractivity contribution < 1.29 is 0 Å². The minimum absolute atomic E-state index is 0.520. The van der Waals surface area contributed by atoms with E-state index in [2.05, 4.69) is 60.0 Å². The standard InChI is InChI=1S/C20H34N8/c1-4-28-16-21-13-18(28)14-26-7-5-17(6-8-26)20-23-22-19(25(20)3)15-27-11-9-24(2)10-12-27/h13,16-17H,4-12,14-15H2,1-3H3. The van der Waals surface area contributed by atoms with Gasteiger partial charge >= 0.3 is 0 Å². The van der Waals surface area contributed by atoms with Gasteiger partial charge in [0.05, 0.1) is 18.6 Å². The third-order valence-corrected chi connectivity index (χ3v) is 6.44. The Balaban J connectivity index is 1.31. The second kappa shape index (κ2) is 8.71. The lowest BCUT2D eigenvalue weighted by molar-refractivity contribution is 0.144. The van der Waals surface area contributed by atoms with Gasteiger partial charge in [0, 0.05) is 58.4 Å². The quantitative estimate of drug-likeness (QED) is 0.743. The average Bonchev–Trinajstić information content (AvgIpc) is 3.31. The van der Waals surface area contributed by atoms with Gasteiger partial charge in [0.1, 0.15) is 11.6 Å². The summed E-state index contributed by atoms with van der Waals surface area (Å²) in [4.78, 5) is 11.7. The first kappa shape index (κ1) is 19.5. The van der Waals surface area contributed by atoms with Gasteiger partial charge < -0.3 is 14.0 Å². The maximum atomic E-state index is 4.59. The first-order valence-electron chi connectivity index (χ1n) is 10.6. The maximum Gasteiger partial charge on any atom is 0.146 e. The van der Waals surface area contributed by atoms with E-state index in [1.807, 2.05) is 12.5 Å². The molecule has 154 valence electrons. The molecule has 28 heavy (non-hydrogen) atoms. The van der Waals surface area contributed by atoms with Gasteiger partial charge in [-0.3, -0.25) is 9.80 Å².